The first kappa shape index (κ1) is 15.8. The maximum atomic E-state index is 11.5. The minimum absolute atomic E-state index is 0.147. The van der Waals surface area contributed by atoms with Crippen molar-refractivity contribution in [3.8, 4) is 5.75 Å². The minimum atomic E-state index is -2.93. The largest absolute Gasteiger partial charge is 0.492 e. The molecule has 1 atom stereocenters. The molecule has 0 aliphatic carbocycles. The number of sulfone groups is 1. The number of carboxylic acids is 1. The molecule has 2 rings (SSSR count). The zero-order valence-corrected chi connectivity index (χ0v) is 12.6. The molecule has 0 spiro atoms. The highest BCUT2D eigenvalue weighted by atomic mass is 32.2. The Bertz CT molecular complexity index is 628. The van der Waals surface area contributed by atoms with Crippen LogP contribution >= 0.6 is 0 Å². The topological polar surface area (TPSA) is 92.7 Å². The lowest BCUT2D eigenvalue weighted by molar-refractivity contribution is 0.0696. The molecular formula is C14H19NO5S. The molecular weight excluding hydrogens is 294 g/mol. The highest BCUT2D eigenvalue weighted by Gasteiger charge is 2.37. The predicted octanol–water partition coefficient (Wildman–Crippen LogP) is 0.930. The summed E-state index contributed by atoms with van der Waals surface area (Å²) in [6, 6.07) is 6.27. The summed E-state index contributed by atoms with van der Waals surface area (Å²) in [5, 5.41) is 12.1. The average molecular weight is 313 g/mol. The van der Waals surface area contributed by atoms with Gasteiger partial charge in [0.05, 0.1) is 17.1 Å². The monoisotopic (exact) mass is 313 g/mol. The molecule has 0 radical (unpaired) electrons. The molecule has 1 aromatic carbocycles. The van der Waals surface area contributed by atoms with Crippen LogP contribution in [0.1, 0.15) is 23.7 Å². The first-order valence-corrected chi connectivity index (χ1v) is 8.53. The van der Waals surface area contributed by atoms with Crippen LogP contribution in [0, 0.1) is 0 Å². The molecule has 21 heavy (non-hydrogen) atoms. The smallest absolute Gasteiger partial charge is 0.335 e. The maximum absolute atomic E-state index is 11.5. The van der Waals surface area contributed by atoms with Crippen LogP contribution in [0.3, 0.4) is 0 Å². The molecule has 1 heterocycles. The van der Waals surface area contributed by atoms with Gasteiger partial charge in [0.25, 0.3) is 0 Å². The molecule has 0 saturated carbocycles. The lowest BCUT2D eigenvalue weighted by Crippen LogP contribution is -2.45. The number of hydrogen-bond acceptors (Lipinski definition) is 5. The van der Waals surface area contributed by atoms with E-state index in [1.807, 2.05) is 6.92 Å². The van der Waals surface area contributed by atoms with Crippen molar-refractivity contribution in [2.75, 3.05) is 24.7 Å². The van der Waals surface area contributed by atoms with Gasteiger partial charge in [-0.05, 0) is 31.5 Å². The van der Waals surface area contributed by atoms with Crippen LogP contribution in [0.25, 0.3) is 0 Å². The highest BCUT2D eigenvalue weighted by Crippen LogP contribution is 2.22. The molecule has 1 aliphatic rings. The van der Waals surface area contributed by atoms with Crippen LogP contribution in [0.2, 0.25) is 0 Å². The quantitative estimate of drug-likeness (QED) is 0.759. The number of hydrogen-bond donors (Lipinski definition) is 2. The maximum Gasteiger partial charge on any atom is 0.335 e. The molecule has 1 aromatic rings. The summed E-state index contributed by atoms with van der Waals surface area (Å²) < 4.78 is 28.4. The van der Waals surface area contributed by atoms with Crippen LogP contribution < -0.4 is 10.1 Å². The standard InChI is InChI=1S/C14H19NO5S/c1-14(5-8-21(18,19)10-14)15-6-7-20-12-4-2-3-11(9-12)13(16)17/h2-4,9,15H,5-8,10H2,1H3,(H,16,17). The normalized spacial score (nSPS) is 23.9. The molecule has 1 aliphatic heterocycles. The lowest BCUT2D eigenvalue weighted by Gasteiger charge is -2.23. The number of benzene rings is 1. The van der Waals surface area contributed by atoms with E-state index in [1.54, 1.807) is 12.1 Å². The Balaban J connectivity index is 1.80. The molecule has 2 N–H and O–H groups in total. The number of aromatic carboxylic acids is 1. The Kier molecular flexibility index (Phi) is 4.53. The fourth-order valence-corrected chi connectivity index (χ4v) is 4.51. The fraction of sp³-hybridized carbons (Fsp3) is 0.500. The summed E-state index contributed by atoms with van der Waals surface area (Å²) in [6.07, 6.45) is 0.601. The molecule has 7 heteroatoms. The number of carbonyl (C=O) groups is 1. The third kappa shape index (κ3) is 4.44. The van der Waals surface area contributed by atoms with E-state index in [-0.39, 0.29) is 17.1 Å². The van der Waals surface area contributed by atoms with E-state index < -0.39 is 21.3 Å². The predicted molar refractivity (Wildman–Crippen MR) is 78.6 cm³/mol. The van der Waals surface area contributed by atoms with Gasteiger partial charge >= 0.3 is 5.97 Å². The van der Waals surface area contributed by atoms with Gasteiger partial charge < -0.3 is 15.2 Å². The molecule has 1 fully saturated rings. The molecule has 0 amide bonds. The Morgan fingerprint density at radius 3 is 2.86 bits per heavy atom. The van der Waals surface area contributed by atoms with Gasteiger partial charge in [-0.2, -0.15) is 0 Å². The lowest BCUT2D eigenvalue weighted by atomic mass is 10.0. The SMILES string of the molecule is CC1(NCCOc2cccc(C(=O)O)c2)CCS(=O)(=O)C1. The molecule has 1 unspecified atom stereocenters. The summed E-state index contributed by atoms with van der Waals surface area (Å²) in [5.41, 5.74) is -0.222. The number of carboxylic acid groups (broad SMARTS) is 1. The zero-order valence-electron chi connectivity index (χ0n) is 11.8. The second kappa shape index (κ2) is 6.03. The van der Waals surface area contributed by atoms with E-state index in [9.17, 15) is 13.2 Å². The summed E-state index contributed by atoms with van der Waals surface area (Å²) in [5.74, 6) is -0.143. The van der Waals surface area contributed by atoms with Crippen LogP contribution in [-0.4, -0.2) is 49.7 Å². The van der Waals surface area contributed by atoms with E-state index in [2.05, 4.69) is 5.32 Å². The van der Waals surface area contributed by atoms with Crippen molar-refractivity contribution in [3.63, 3.8) is 0 Å². The summed E-state index contributed by atoms with van der Waals surface area (Å²) in [7, 11) is -2.93. The minimum Gasteiger partial charge on any atom is -0.492 e. The van der Waals surface area contributed by atoms with Crippen molar-refractivity contribution in [1.82, 2.24) is 5.32 Å². The number of ether oxygens (including phenoxy) is 1. The van der Waals surface area contributed by atoms with Gasteiger partial charge in [-0.25, -0.2) is 13.2 Å². The van der Waals surface area contributed by atoms with Gasteiger partial charge in [0.2, 0.25) is 0 Å². The van der Waals surface area contributed by atoms with Crippen molar-refractivity contribution in [2.45, 2.75) is 18.9 Å². The van der Waals surface area contributed by atoms with E-state index in [1.165, 1.54) is 12.1 Å². The second-order valence-electron chi connectivity index (χ2n) is 5.51. The third-order valence-corrected chi connectivity index (χ3v) is 5.41. The van der Waals surface area contributed by atoms with Crippen molar-refractivity contribution in [3.05, 3.63) is 29.8 Å². The van der Waals surface area contributed by atoms with Gasteiger partial charge in [0.1, 0.15) is 12.4 Å². The van der Waals surface area contributed by atoms with Gasteiger partial charge in [0.15, 0.2) is 9.84 Å². The van der Waals surface area contributed by atoms with Gasteiger partial charge in [-0.15, -0.1) is 0 Å². The molecule has 0 bridgehead atoms. The average Bonchev–Trinajstić information content (AvgIpc) is 2.70. The van der Waals surface area contributed by atoms with Crippen molar-refractivity contribution >= 4 is 15.8 Å². The Morgan fingerprint density at radius 1 is 1.48 bits per heavy atom. The summed E-state index contributed by atoms with van der Waals surface area (Å²) in [6.45, 7) is 2.74. The fourth-order valence-electron chi connectivity index (χ4n) is 2.39. The van der Waals surface area contributed by atoms with E-state index >= 15 is 0 Å². The van der Waals surface area contributed by atoms with E-state index in [0.717, 1.165) is 0 Å². The summed E-state index contributed by atoms with van der Waals surface area (Å²) >= 11 is 0. The van der Waals surface area contributed by atoms with Gasteiger partial charge in [-0.1, -0.05) is 6.07 Å². The first-order valence-electron chi connectivity index (χ1n) is 6.71. The van der Waals surface area contributed by atoms with Crippen LogP contribution in [0.15, 0.2) is 24.3 Å². The van der Waals surface area contributed by atoms with E-state index in [4.69, 9.17) is 9.84 Å². The Morgan fingerprint density at radius 2 is 2.24 bits per heavy atom. The van der Waals surface area contributed by atoms with E-state index in [0.29, 0.717) is 25.3 Å². The zero-order chi connectivity index (χ0) is 15.5. The number of nitrogens with one attached hydrogen (secondary N) is 1. The second-order valence-corrected chi connectivity index (χ2v) is 7.69. The highest BCUT2D eigenvalue weighted by molar-refractivity contribution is 7.91. The summed E-state index contributed by atoms with van der Waals surface area (Å²) in [4.78, 5) is 10.8. The molecule has 1 saturated heterocycles. The third-order valence-electron chi connectivity index (χ3n) is 3.51. The van der Waals surface area contributed by atoms with Crippen molar-refractivity contribution in [1.29, 1.82) is 0 Å². The molecule has 116 valence electrons. The van der Waals surface area contributed by atoms with Crippen LogP contribution in [0.5, 0.6) is 5.75 Å². The van der Waals surface area contributed by atoms with Crippen LogP contribution in [0.4, 0.5) is 0 Å². The van der Waals surface area contributed by atoms with Gasteiger partial charge in [-0.3, -0.25) is 0 Å². The first-order chi connectivity index (χ1) is 9.80. The van der Waals surface area contributed by atoms with Crippen LogP contribution in [-0.2, 0) is 9.84 Å². The molecule has 0 aromatic heterocycles. The Labute approximate surface area is 124 Å². The Hall–Kier alpha value is -1.60. The van der Waals surface area contributed by atoms with Crippen molar-refractivity contribution < 1.29 is 23.1 Å². The van der Waals surface area contributed by atoms with Gasteiger partial charge in [0, 0.05) is 12.1 Å². The number of rotatable bonds is 6. The van der Waals surface area contributed by atoms with Crippen molar-refractivity contribution in [2.24, 2.45) is 0 Å². The molecule has 6 nitrogen and oxygen atoms in total.